The molecule has 3 nitrogen and oxygen atoms in total. The van der Waals surface area contributed by atoms with Crippen LogP contribution in [0.1, 0.15) is 51.3 Å². The number of benzene rings is 1. The summed E-state index contributed by atoms with van der Waals surface area (Å²) in [6.45, 7) is 7.99. The Hall–Kier alpha value is -1.74. The molecule has 1 heterocycles. The zero-order valence-corrected chi connectivity index (χ0v) is 16.7. The first-order valence-corrected chi connectivity index (χ1v) is 10.0. The molecule has 2 aromatic rings. The van der Waals surface area contributed by atoms with Crippen LogP contribution in [0.5, 0.6) is 0 Å². The van der Waals surface area contributed by atoms with Gasteiger partial charge in [-0.25, -0.2) is 0 Å². The summed E-state index contributed by atoms with van der Waals surface area (Å²) in [5.41, 5.74) is 2.34. The number of nitrogens with zero attached hydrogens (tertiary/aromatic N) is 2. The SMILES string of the molecule is CC(C)[C@@H](C)N(Cc1cccn1Cc1cccc(Cl)c1)C(=O)C1CCC1. The molecule has 1 aliphatic carbocycles. The summed E-state index contributed by atoms with van der Waals surface area (Å²) in [5, 5.41) is 0.756. The molecule has 140 valence electrons. The smallest absolute Gasteiger partial charge is 0.226 e. The third kappa shape index (κ3) is 4.32. The molecule has 1 atom stereocenters. The van der Waals surface area contributed by atoms with E-state index in [4.69, 9.17) is 11.6 Å². The molecule has 4 heteroatoms. The van der Waals surface area contributed by atoms with Crippen molar-refractivity contribution in [3.63, 3.8) is 0 Å². The van der Waals surface area contributed by atoms with E-state index in [0.29, 0.717) is 18.4 Å². The molecule has 1 saturated carbocycles. The van der Waals surface area contributed by atoms with E-state index < -0.39 is 0 Å². The zero-order chi connectivity index (χ0) is 18.7. The lowest BCUT2D eigenvalue weighted by Gasteiger charge is -2.37. The summed E-state index contributed by atoms with van der Waals surface area (Å²) in [5.74, 6) is 0.996. The van der Waals surface area contributed by atoms with Crippen LogP contribution in [0, 0.1) is 11.8 Å². The predicted octanol–water partition coefficient (Wildman–Crippen LogP) is 5.36. The van der Waals surface area contributed by atoms with Gasteiger partial charge in [0.1, 0.15) is 0 Å². The minimum atomic E-state index is 0.229. The molecule has 3 rings (SSSR count). The molecule has 1 aromatic heterocycles. The molecule has 0 aliphatic heterocycles. The number of hydrogen-bond donors (Lipinski definition) is 0. The van der Waals surface area contributed by atoms with E-state index in [1.165, 1.54) is 17.7 Å². The molecular formula is C22H29ClN2O. The van der Waals surface area contributed by atoms with Crippen LogP contribution >= 0.6 is 11.6 Å². The van der Waals surface area contributed by atoms with Crippen molar-refractivity contribution in [1.29, 1.82) is 0 Å². The van der Waals surface area contributed by atoms with E-state index in [1.807, 2.05) is 18.2 Å². The Kier molecular flexibility index (Phi) is 6.08. The van der Waals surface area contributed by atoms with Crippen molar-refractivity contribution in [3.05, 3.63) is 58.9 Å². The number of hydrogen-bond acceptors (Lipinski definition) is 1. The Morgan fingerprint density at radius 2 is 2.00 bits per heavy atom. The molecule has 1 amide bonds. The van der Waals surface area contributed by atoms with E-state index in [2.05, 4.69) is 54.6 Å². The van der Waals surface area contributed by atoms with Gasteiger partial charge in [-0.2, -0.15) is 0 Å². The number of halogens is 1. The summed E-state index contributed by atoms with van der Waals surface area (Å²) in [4.78, 5) is 15.1. The fourth-order valence-electron chi connectivity index (χ4n) is 3.43. The largest absolute Gasteiger partial charge is 0.345 e. The van der Waals surface area contributed by atoms with Gasteiger partial charge in [-0.05, 0) is 55.5 Å². The number of rotatable bonds is 7. The predicted molar refractivity (Wildman–Crippen MR) is 107 cm³/mol. The average Bonchev–Trinajstić information content (AvgIpc) is 2.97. The van der Waals surface area contributed by atoms with Gasteiger partial charge in [0.05, 0.1) is 6.54 Å². The van der Waals surface area contributed by atoms with Crippen LogP contribution in [0.4, 0.5) is 0 Å². The van der Waals surface area contributed by atoms with Gasteiger partial charge in [-0.1, -0.05) is 44.0 Å². The van der Waals surface area contributed by atoms with Gasteiger partial charge in [-0.15, -0.1) is 0 Å². The zero-order valence-electron chi connectivity index (χ0n) is 16.0. The second kappa shape index (κ2) is 8.30. The van der Waals surface area contributed by atoms with Crippen LogP contribution in [0.2, 0.25) is 5.02 Å². The van der Waals surface area contributed by atoms with Crippen molar-refractivity contribution in [2.75, 3.05) is 0 Å². The average molecular weight is 373 g/mol. The van der Waals surface area contributed by atoms with Crippen LogP contribution in [0.3, 0.4) is 0 Å². The minimum Gasteiger partial charge on any atom is -0.345 e. The molecule has 0 radical (unpaired) electrons. The molecule has 0 spiro atoms. The van der Waals surface area contributed by atoms with E-state index in [-0.39, 0.29) is 12.0 Å². The van der Waals surface area contributed by atoms with Gasteiger partial charge < -0.3 is 9.47 Å². The highest BCUT2D eigenvalue weighted by molar-refractivity contribution is 6.30. The highest BCUT2D eigenvalue weighted by Crippen LogP contribution is 2.30. The number of amides is 1. The Balaban J connectivity index is 1.78. The number of carbonyl (C=O) groups excluding carboxylic acids is 1. The maximum absolute atomic E-state index is 13.0. The van der Waals surface area contributed by atoms with Gasteiger partial charge in [0.2, 0.25) is 5.91 Å². The van der Waals surface area contributed by atoms with Crippen LogP contribution in [0.25, 0.3) is 0 Å². The Morgan fingerprint density at radius 3 is 2.62 bits per heavy atom. The maximum Gasteiger partial charge on any atom is 0.226 e. The highest BCUT2D eigenvalue weighted by Gasteiger charge is 2.33. The van der Waals surface area contributed by atoms with Gasteiger partial charge >= 0.3 is 0 Å². The van der Waals surface area contributed by atoms with Gasteiger partial charge in [0, 0.05) is 35.4 Å². The quantitative estimate of drug-likeness (QED) is 0.642. The Morgan fingerprint density at radius 1 is 1.23 bits per heavy atom. The molecule has 0 N–H and O–H groups in total. The summed E-state index contributed by atoms with van der Waals surface area (Å²) in [7, 11) is 0. The molecular weight excluding hydrogens is 344 g/mol. The van der Waals surface area contributed by atoms with Gasteiger partial charge in [0.25, 0.3) is 0 Å². The van der Waals surface area contributed by atoms with Crippen molar-refractivity contribution in [2.45, 2.75) is 59.2 Å². The van der Waals surface area contributed by atoms with Crippen LogP contribution < -0.4 is 0 Å². The summed E-state index contributed by atoms with van der Waals surface area (Å²) < 4.78 is 2.22. The monoisotopic (exact) mass is 372 g/mol. The molecule has 26 heavy (non-hydrogen) atoms. The first-order valence-electron chi connectivity index (χ1n) is 9.64. The first kappa shape index (κ1) is 19.0. The fourth-order valence-corrected chi connectivity index (χ4v) is 3.64. The van der Waals surface area contributed by atoms with Crippen molar-refractivity contribution in [2.24, 2.45) is 11.8 Å². The molecule has 1 aliphatic rings. The third-order valence-corrected chi connectivity index (χ3v) is 5.93. The summed E-state index contributed by atoms with van der Waals surface area (Å²) in [6, 6.07) is 12.4. The molecule has 0 saturated heterocycles. The standard InChI is InChI=1S/C22H29ClN2O/c1-16(2)17(3)25(22(26)19-8-5-9-19)15-21-11-6-12-24(21)14-18-7-4-10-20(23)13-18/h4,6-7,10-13,16-17,19H,5,8-9,14-15H2,1-3H3/t17-/m1/s1. The summed E-state index contributed by atoms with van der Waals surface area (Å²) >= 11 is 6.12. The van der Waals surface area contributed by atoms with Crippen molar-refractivity contribution >= 4 is 17.5 Å². The molecule has 1 fully saturated rings. The van der Waals surface area contributed by atoms with Gasteiger partial charge in [-0.3, -0.25) is 4.79 Å². The first-order chi connectivity index (χ1) is 12.5. The lowest BCUT2D eigenvalue weighted by atomic mass is 9.83. The summed E-state index contributed by atoms with van der Waals surface area (Å²) in [6.07, 6.45) is 5.36. The highest BCUT2D eigenvalue weighted by atomic mass is 35.5. The topological polar surface area (TPSA) is 25.2 Å². The molecule has 1 aromatic carbocycles. The lowest BCUT2D eigenvalue weighted by molar-refractivity contribution is -0.142. The van der Waals surface area contributed by atoms with Gasteiger partial charge in [0.15, 0.2) is 0 Å². The van der Waals surface area contributed by atoms with Crippen LogP contribution in [-0.4, -0.2) is 21.4 Å². The Bertz CT molecular complexity index is 748. The fraction of sp³-hybridized carbons (Fsp3) is 0.500. The van der Waals surface area contributed by atoms with E-state index >= 15 is 0 Å². The Labute approximate surface area is 162 Å². The second-order valence-corrected chi connectivity index (χ2v) is 8.27. The van der Waals surface area contributed by atoms with E-state index in [0.717, 1.165) is 24.4 Å². The lowest BCUT2D eigenvalue weighted by Crippen LogP contribution is -2.45. The number of aromatic nitrogens is 1. The third-order valence-electron chi connectivity index (χ3n) is 5.69. The minimum absolute atomic E-state index is 0.229. The molecule has 0 bridgehead atoms. The van der Waals surface area contributed by atoms with Crippen molar-refractivity contribution in [3.8, 4) is 0 Å². The van der Waals surface area contributed by atoms with E-state index in [9.17, 15) is 4.79 Å². The van der Waals surface area contributed by atoms with Crippen molar-refractivity contribution in [1.82, 2.24) is 9.47 Å². The van der Waals surface area contributed by atoms with Crippen LogP contribution in [0.15, 0.2) is 42.6 Å². The van der Waals surface area contributed by atoms with E-state index in [1.54, 1.807) is 0 Å². The van der Waals surface area contributed by atoms with Crippen LogP contribution in [-0.2, 0) is 17.9 Å². The van der Waals surface area contributed by atoms with Crippen molar-refractivity contribution < 1.29 is 4.79 Å². The molecule has 0 unspecified atom stereocenters. The second-order valence-electron chi connectivity index (χ2n) is 7.84. The maximum atomic E-state index is 13.0. The number of carbonyl (C=O) groups is 1. The normalized spacial score (nSPS) is 15.7.